The molecule has 9 heteroatoms. The number of hydrogen-bond donors (Lipinski definition) is 5. The third kappa shape index (κ3) is 9.09. The van der Waals surface area contributed by atoms with Crippen LogP contribution in [0, 0.1) is 23.5 Å². The number of rotatable bonds is 11. The molecule has 0 heterocycles. The molecule has 0 fully saturated rings. The first-order chi connectivity index (χ1) is 13.1. The van der Waals surface area contributed by atoms with E-state index in [4.69, 9.17) is 5.11 Å². The molecule has 1 rings (SSSR count). The zero-order valence-electron chi connectivity index (χ0n) is 16.3. The van der Waals surface area contributed by atoms with Crippen molar-refractivity contribution >= 4 is 12.0 Å². The van der Waals surface area contributed by atoms with Gasteiger partial charge in [-0.05, 0) is 30.0 Å². The van der Waals surface area contributed by atoms with Crippen molar-refractivity contribution in [1.82, 2.24) is 16.0 Å². The first-order valence-corrected chi connectivity index (χ1v) is 9.19. The Kier molecular flexibility index (Phi) is 9.81. The minimum Gasteiger partial charge on any atom is -0.465 e. The number of carbonyl (C=O) groups excluding carboxylic acids is 1. The normalized spacial score (nSPS) is 14.4. The largest absolute Gasteiger partial charge is 0.465 e. The van der Waals surface area contributed by atoms with Gasteiger partial charge in [0.15, 0.2) is 0 Å². The Labute approximate surface area is 163 Å². The van der Waals surface area contributed by atoms with Crippen molar-refractivity contribution in [2.45, 2.75) is 39.3 Å². The zero-order chi connectivity index (χ0) is 21.3. The number of hydrogen-bond acceptors (Lipinski definition) is 4. The van der Waals surface area contributed by atoms with E-state index in [0.29, 0.717) is 18.5 Å². The summed E-state index contributed by atoms with van der Waals surface area (Å²) in [6, 6.07) is 1.91. The molecular weight excluding hydrogens is 372 g/mol. The van der Waals surface area contributed by atoms with Gasteiger partial charge in [-0.1, -0.05) is 20.8 Å². The van der Waals surface area contributed by atoms with Crippen molar-refractivity contribution in [3.8, 4) is 0 Å². The number of nitrogens with one attached hydrogen (secondary N) is 3. The van der Waals surface area contributed by atoms with Crippen LogP contribution in [-0.4, -0.2) is 54.0 Å². The summed E-state index contributed by atoms with van der Waals surface area (Å²) in [4.78, 5) is 22.9. The first-order valence-electron chi connectivity index (χ1n) is 9.19. The summed E-state index contributed by atoms with van der Waals surface area (Å²) in [5.41, 5.74) is 0.219. The van der Waals surface area contributed by atoms with Crippen molar-refractivity contribution in [2.75, 3.05) is 19.6 Å². The van der Waals surface area contributed by atoms with Gasteiger partial charge < -0.3 is 26.2 Å². The molecule has 3 atom stereocenters. The van der Waals surface area contributed by atoms with E-state index in [1.165, 1.54) is 0 Å². The van der Waals surface area contributed by atoms with Crippen molar-refractivity contribution < 1.29 is 28.6 Å². The molecule has 0 saturated carbocycles. The van der Waals surface area contributed by atoms with E-state index >= 15 is 0 Å². The minimum absolute atomic E-state index is 0.00451. The van der Waals surface area contributed by atoms with E-state index in [-0.39, 0.29) is 36.9 Å². The fourth-order valence-electron chi connectivity index (χ4n) is 2.59. The summed E-state index contributed by atoms with van der Waals surface area (Å²) in [7, 11) is 0. The Hall–Kier alpha value is -2.26. The third-order valence-corrected chi connectivity index (χ3v) is 4.09. The second-order valence-corrected chi connectivity index (χ2v) is 7.30. The number of halogens is 2. The number of carboxylic acid groups (broad SMARTS) is 1. The van der Waals surface area contributed by atoms with Crippen molar-refractivity contribution in [3.63, 3.8) is 0 Å². The lowest BCUT2D eigenvalue weighted by Crippen LogP contribution is -2.49. The first kappa shape index (κ1) is 23.8. The quantitative estimate of drug-likeness (QED) is 0.386. The lowest BCUT2D eigenvalue weighted by Gasteiger charge is -2.24. The van der Waals surface area contributed by atoms with E-state index in [0.717, 1.165) is 12.1 Å². The van der Waals surface area contributed by atoms with E-state index in [1.807, 2.05) is 13.8 Å². The maximum absolute atomic E-state index is 13.3. The van der Waals surface area contributed by atoms with Gasteiger partial charge in [0.2, 0.25) is 5.91 Å². The molecule has 1 aromatic carbocycles. The summed E-state index contributed by atoms with van der Waals surface area (Å²) >= 11 is 0. The van der Waals surface area contributed by atoms with Crippen LogP contribution < -0.4 is 16.0 Å². The molecule has 1 unspecified atom stereocenters. The minimum atomic E-state index is -1.36. The van der Waals surface area contributed by atoms with Gasteiger partial charge >= 0.3 is 6.09 Å². The highest BCUT2D eigenvalue weighted by Gasteiger charge is 2.23. The van der Waals surface area contributed by atoms with Crippen LogP contribution in [0.3, 0.4) is 0 Å². The number of aliphatic hydroxyl groups excluding tert-OH is 1. The summed E-state index contributed by atoms with van der Waals surface area (Å²) < 4.78 is 26.7. The fraction of sp³-hybridized carbons (Fsp3) is 0.579. The number of carbonyl (C=O) groups is 2. The molecule has 0 aromatic heterocycles. The van der Waals surface area contributed by atoms with E-state index in [9.17, 15) is 23.5 Å². The maximum Gasteiger partial charge on any atom is 0.404 e. The van der Waals surface area contributed by atoms with Crippen molar-refractivity contribution in [2.24, 2.45) is 11.8 Å². The van der Waals surface area contributed by atoms with Crippen LogP contribution in [0.1, 0.15) is 26.3 Å². The van der Waals surface area contributed by atoms with Crippen molar-refractivity contribution in [3.05, 3.63) is 35.4 Å². The van der Waals surface area contributed by atoms with Crippen LogP contribution in [0.25, 0.3) is 0 Å². The lowest BCUT2D eigenvalue weighted by molar-refractivity contribution is -0.124. The molecule has 0 aliphatic rings. The molecule has 7 nitrogen and oxygen atoms in total. The van der Waals surface area contributed by atoms with Gasteiger partial charge in [-0.3, -0.25) is 4.79 Å². The van der Waals surface area contributed by atoms with Gasteiger partial charge in [-0.2, -0.15) is 0 Å². The topological polar surface area (TPSA) is 111 Å². The van der Waals surface area contributed by atoms with Crippen LogP contribution in [0.4, 0.5) is 13.6 Å². The zero-order valence-corrected chi connectivity index (χ0v) is 16.3. The highest BCUT2D eigenvalue weighted by atomic mass is 19.1. The maximum atomic E-state index is 13.3. The summed E-state index contributed by atoms with van der Waals surface area (Å²) in [6.45, 7) is 6.57. The average molecular weight is 401 g/mol. The molecular formula is C19H29F2N3O4. The highest BCUT2D eigenvalue weighted by Crippen LogP contribution is 2.12. The van der Waals surface area contributed by atoms with Crippen LogP contribution in [0.15, 0.2) is 18.2 Å². The standard InChI is InChI=1S/C19H29F2N3O4/c1-11(2)8-23-18(26)12(3)9-22-10-17(25)16(24-19(27)28)6-13-4-14(20)7-15(21)5-13/h4-5,7,11-12,16-17,22,24-25H,6,8-10H2,1-3H3,(H,23,26)(H,27,28)/t12?,16-,17+/m0/s1. The smallest absolute Gasteiger partial charge is 0.404 e. The molecule has 2 amide bonds. The van der Waals surface area contributed by atoms with Gasteiger partial charge in [0, 0.05) is 31.6 Å². The van der Waals surface area contributed by atoms with Crippen molar-refractivity contribution in [1.29, 1.82) is 0 Å². The van der Waals surface area contributed by atoms with E-state index in [2.05, 4.69) is 16.0 Å². The third-order valence-electron chi connectivity index (χ3n) is 4.09. The number of aliphatic hydroxyl groups is 1. The summed E-state index contributed by atoms with van der Waals surface area (Å²) in [5, 5.41) is 27.2. The molecule has 0 aliphatic heterocycles. The Bertz CT molecular complexity index is 638. The average Bonchev–Trinajstić information content (AvgIpc) is 2.57. The molecule has 1 aromatic rings. The molecule has 5 N–H and O–H groups in total. The van der Waals surface area contributed by atoms with Crippen LogP contribution in [-0.2, 0) is 11.2 Å². The Morgan fingerprint density at radius 2 is 1.64 bits per heavy atom. The van der Waals surface area contributed by atoms with Gasteiger partial charge in [-0.15, -0.1) is 0 Å². The van der Waals surface area contributed by atoms with Crippen LogP contribution in [0.2, 0.25) is 0 Å². The molecule has 0 saturated heterocycles. The monoisotopic (exact) mass is 401 g/mol. The predicted molar refractivity (Wildman–Crippen MR) is 101 cm³/mol. The highest BCUT2D eigenvalue weighted by molar-refractivity contribution is 5.78. The lowest BCUT2D eigenvalue weighted by atomic mass is 10.0. The Morgan fingerprint density at radius 3 is 2.18 bits per heavy atom. The molecule has 0 aliphatic carbocycles. The fourth-order valence-corrected chi connectivity index (χ4v) is 2.59. The number of amides is 2. The van der Waals surface area contributed by atoms with Crippen LogP contribution >= 0.6 is 0 Å². The molecule has 0 radical (unpaired) electrons. The molecule has 0 spiro atoms. The summed E-state index contributed by atoms with van der Waals surface area (Å²) in [5.74, 6) is -1.68. The Morgan fingerprint density at radius 1 is 1.04 bits per heavy atom. The second-order valence-electron chi connectivity index (χ2n) is 7.30. The predicted octanol–water partition coefficient (Wildman–Crippen LogP) is 1.50. The Balaban J connectivity index is 2.58. The molecule has 0 bridgehead atoms. The SMILES string of the molecule is CC(C)CNC(=O)C(C)CNC[C@@H](O)[C@H](Cc1cc(F)cc(F)c1)NC(=O)O. The molecule has 158 valence electrons. The summed E-state index contributed by atoms with van der Waals surface area (Å²) in [6.07, 6.45) is -2.61. The van der Waals surface area contributed by atoms with Gasteiger partial charge in [0.25, 0.3) is 0 Å². The van der Waals surface area contributed by atoms with Gasteiger partial charge in [0.05, 0.1) is 12.1 Å². The van der Waals surface area contributed by atoms with Gasteiger partial charge in [-0.25, -0.2) is 13.6 Å². The van der Waals surface area contributed by atoms with Gasteiger partial charge in [0.1, 0.15) is 11.6 Å². The van der Waals surface area contributed by atoms with E-state index < -0.39 is 29.9 Å². The van der Waals surface area contributed by atoms with Crippen LogP contribution in [0.5, 0.6) is 0 Å². The number of benzene rings is 1. The second kappa shape index (κ2) is 11.6. The van der Waals surface area contributed by atoms with E-state index in [1.54, 1.807) is 6.92 Å². The molecule has 28 heavy (non-hydrogen) atoms.